The van der Waals surface area contributed by atoms with Crippen LogP contribution in [0.1, 0.15) is 38.3 Å². The highest BCUT2D eigenvalue weighted by atomic mass is 79.9. The summed E-state index contributed by atoms with van der Waals surface area (Å²) in [6, 6.07) is 2.80. The van der Waals surface area contributed by atoms with E-state index < -0.39 is 0 Å². The molecule has 0 bridgehead atoms. The largest absolute Gasteiger partial charge is 0.383 e. The Morgan fingerprint density at radius 3 is 2.55 bits per heavy atom. The van der Waals surface area contributed by atoms with E-state index in [2.05, 4.69) is 45.7 Å². The summed E-state index contributed by atoms with van der Waals surface area (Å²) < 4.78 is 6.25. The van der Waals surface area contributed by atoms with Gasteiger partial charge in [0.1, 0.15) is 0 Å². The summed E-state index contributed by atoms with van der Waals surface area (Å²) in [4.78, 5) is 6.72. The summed E-state index contributed by atoms with van der Waals surface area (Å²) in [6.45, 7) is 6.63. The molecule has 1 aromatic rings. The van der Waals surface area contributed by atoms with Gasteiger partial charge in [-0.3, -0.25) is 9.88 Å². The molecule has 0 saturated heterocycles. The summed E-state index contributed by atoms with van der Waals surface area (Å²) in [5.41, 5.74) is 7.21. The molecule has 2 N–H and O–H groups in total. The highest BCUT2D eigenvalue weighted by Gasteiger charge is 2.24. The average Bonchev–Trinajstić information content (AvgIpc) is 2.46. The minimum Gasteiger partial charge on any atom is -0.383 e. The van der Waals surface area contributed by atoms with Crippen molar-refractivity contribution in [3.8, 4) is 0 Å². The molecule has 0 fully saturated rings. The molecule has 1 heterocycles. The lowest BCUT2D eigenvalue weighted by molar-refractivity contribution is 0.0816. The molecule has 1 unspecified atom stereocenters. The van der Waals surface area contributed by atoms with Gasteiger partial charge >= 0.3 is 0 Å². The van der Waals surface area contributed by atoms with Crippen molar-refractivity contribution in [1.82, 2.24) is 9.88 Å². The molecule has 1 aromatic heterocycles. The number of ether oxygens (including phenoxy) is 1. The van der Waals surface area contributed by atoms with Gasteiger partial charge in [0.25, 0.3) is 0 Å². The van der Waals surface area contributed by atoms with Crippen molar-refractivity contribution >= 4 is 15.9 Å². The minimum atomic E-state index is 0.181. The van der Waals surface area contributed by atoms with Gasteiger partial charge in [-0.25, -0.2) is 0 Å². The second-order valence-corrected chi connectivity index (χ2v) is 5.80. The highest BCUT2D eigenvalue weighted by molar-refractivity contribution is 9.10. The molecule has 0 saturated carbocycles. The third-order valence-electron chi connectivity index (χ3n) is 3.70. The third-order valence-corrected chi connectivity index (χ3v) is 4.13. The topological polar surface area (TPSA) is 51.4 Å². The first-order valence-corrected chi connectivity index (χ1v) is 8.02. The Labute approximate surface area is 130 Å². The lowest BCUT2D eigenvalue weighted by Crippen LogP contribution is -2.42. The number of pyridine rings is 1. The second-order valence-electron chi connectivity index (χ2n) is 4.89. The molecule has 0 aromatic carbocycles. The van der Waals surface area contributed by atoms with E-state index in [1.165, 1.54) is 0 Å². The molecule has 1 atom stereocenters. The van der Waals surface area contributed by atoms with Gasteiger partial charge in [-0.1, -0.05) is 13.8 Å². The van der Waals surface area contributed by atoms with Crippen LogP contribution in [-0.2, 0) is 4.74 Å². The molecule has 0 spiro atoms. The zero-order chi connectivity index (χ0) is 15.0. The Hall–Kier alpha value is -0.490. The van der Waals surface area contributed by atoms with Crippen molar-refractivity contribution in [2.45, 2.75) is 38.8 Å². The molecular formula is C15H26BrN3O. The standard InChI is InChI=1S/C15H26BrN3O/c1-4-14(5-2)19(6-7-20-3)15(9-17)12-8-13(16)11-18-10-12/h8,10-11,14-15H,4-7,9,17H2,1-3H3. The predicted octanol–water partition coefficient (Wildman–Crippen LogP) is 2.98. The van der Waals surface area contributed by atoms with Gasteiger partial charge < -0.3 is 10.5 Å². The van der Waals surface area contributed by atoms with Crippen molar-refractivity contribution < 1.29 is 4.74 Å². The minimum absolute atomic E-state index is 0.181. The molecule has 0 aliphatic carbocycles. The van der Waals surface area contributed by atoms with Crippen LogP contribution in [0.25, 0.3) is 0 Å². The number of hydrogen-bond donors (Lipinski definition) is 1. The van der Waals surface area contributed by atoms with E-state index in [0.717, 1.165) is 29.4 Å². The first-order valence-electron chi connectivity index (χ1n) is 7.23. The van der Waals surface area contributed by atoms with Crippen LogP contribution in [0.15, 0.2) is 22.9 Å². The van der Waals surface area contributed by atoms with E-state index in [0.29, 0.717) is 19.2 Å². The van der Waals surface area contributed by atoms with E-state index in [1.807, 2.05) is 6.20 Å². The Balaban J connectivity index is 3.00. The Kier molecular flexibility index (Phi) is 8.30. The Morgan fingerprint density at radius 1 is 1.35 bits per heavy atom. The summed E-state index contributed by atoms with van der Waals surface area (Å²) in [7, 11) is 1.74. The maximum Gasteiger partial charge on any atom is 0.0590 e. The molecule has 114 valence electrons. The second kappa shape index (κ2) is 9.45. The lowest BCUT2D eigenvalue weighted by atomic mass is 10.0. The van der Waals surface area contributed by atoms with Crippen molar-refractivity contribution in [3.05, 3.63) is 28.5 Å². The smallest absolute Gasteiger partial charge is 0.0590 e. The van der Waals surface area contributed by atoms with Gasteiger partial charge in [0.2, 0.25) is 0 Å². The summed E-state index contributed by atoms with van der Waals surface area (Å²) in [5, 5.41) is 0. The predicted molar refractivity (Wildman–Crippen MR) is 86.7 cm³/mol. The third kappa shape index (κ3) is 4.81. The first-order chi connectivity index (χ1) is 9.67. The number of nitrogens with zero attached hydrogens (tertiary/aromatic N) is 2. The van der Waals surface area contributed by atoms with Crippen molar-refractivity contribution in [1.29, 1.82) is 0 Å². The number of aromatic nitrogens is 1. The zero-order valence-electron chi connectivity index (χ0n) is 12.7. The van der Waals surface area contributed by atoms with Crippen LogP contribution >= 0.6 is 15.9 Å². The molecule has 0 amide bonds. The summed E-state index contributed by atoms with van der Waals surface area (Å²) in [6.07, 6.45) is 5.93. The van der Waals surface area contributed by atoms with E-state index in [9.17, 15) is 0 Å². The average molecular weight is 344 g/mol. The van der Waals surface area contributed by atoms with E-state index in [-0.39, 0.29) is 6.04 Å². The summed E-state index contributed by atoms with van der Waals surface area (Å²) in [5.74, 6) is 0. The normalized spacial score (nSPS) is 13.2. The van der Waals surface area contributed by atoms with Crippen LogP contribution in [0.4, 0.5) is 0 Å². The van der Waals surface area contributed by atoms with Crippen LogP contribution in [0, 0.1) is 0 Å². The molecule has 0 radical (unpaired) electrons. The van der Waals surface area contributed by atoms with E-state index >= 15 is 0 Å². The molecule has 4 nitrogen and oxygen atoms in total. The van der Waals surface area contributed by atoms with Gasteiger partial charge in [0, 0.05) is 49.1 Å². The zero-order valence-corrected chi connectivity index (χ0v) is 14.3. The van der Waals surface area contributed by atoms with Crippen molar-refractivity contribution in [3.63, 3.8) is 0 Å². The first kappa shape index (κ1) is 17.6. The maximum absolute atomic E-state index is 6.05. The fraction of sp³-hybridized carbons (Fsp3) is 0.667. The highest BCUT2D eigenvalue weighted by Crippen LogP contribution is 2.25. The van der Waals surface area contributed by atoms with E-state index in [4.69, 9.17) is 10.5 Å². The van der Waals surface area contributed by atoms with Crippen molar-refractivity contribution in [2.75, 3.05) is 26.8 Å². The number of rotatable bonds is 9. The monoisotopic (exact) mass is 343 g/mol. The Bertz CT molecular complexity index is 385. The van der Waals surface area contributed by atoms with Crippen LogP contribution in [0.3, 0.4) is 0 Å². The molecule has 1 rings (SSSR count). The number of methoxy groups -OCH3 is 1. The van der Waals surface area contributed by atoms with Crippen LogP contribution in [-0.4, -0.2) is 42.7 Å². The molecule has 5 heteroatoms. The van der Waals surface area contributed by atoms with Crippen LogP contribution < -0.4 is 5.73 Å². The molecule has 20 heavy (non-hydrogen) atoms. The number of nitrogens with two attached hydrogens (primary N) is 1. The maximum atomic E-state index is 6.05. The number of halogens is 1. The molecule has 0 aliphatic rings. The molecule has 0 aliphatic heterocycles. The van der Waals surface area contributed by atoms with E-state index in [1.54, 1.807) is 13.3 Å². The van der Waals surface area contributed by atoms with Crippen molar-refractivity contribution in [2.24, 2.45) is 5.73 Å². The van der Waals surface area contributed by atoms with Gasteiger partial charge in [-0.15, -0.1) is 0 Å². The van der Waals surface area contributed by atoms with Gasteiger partial charge in [0.05, 0.1) is 6.61 Å². The number of hydrogen-bond acceptors (Lipinski definition) is 4. The van der Waals surface area contributed by atoms with Crippen LogP contribution in [0.5, 0.6) is 0 Å². The summed E-state index contributed by atoms with van der Waals surface area (Å²) >= 11 is 3.49. The quantitative estimate of drug-likeness (QED) is 0.748. The van der Waals surface area contributed by atoms with Gasteiger partial charge in [0.15, 0.2) is 0 Å². The molecular weight excluding hydrogens is 318 g/mol. The lowest BCUT2D eigenvalue weighted by Gasteiger charge is -2.37. The SMILES string of the molecule is CCC(CC)N(CCOC)C(CN)c1cncc(Br)c1. The van der Waals surface area contributed by atoms with Crippen LogP contribution in [0.2, 0.25) is 0 Å². The van der Waals surface area contributed by atoms with Gasteiger partial charge in [-0.2, -0.15) is 0 Å². The fourth-order valence-electron chi connectivity index (χ4n) is 2.62. The Morgan fingerprint density at radius 2 is 2.05 bits per heavy atom. The van der Waals surface area contributed by atoms with Gasteiger partial charge in [-0.05, 0) is 40.4 Å². The fourth-order valence-corrected chi connectivity index (χ4v) is 3.00.